The zero-order chi connectivity index (χ0) is 18.9. The van der Waals surface area contributed by atoms with Gasteiger partial charge in [-0.3, -0.25) is 0 Å². The van der Waals surface area contributed by atoms with Crippen LogP contribution in [-0.2, 0) is 0 Å². The average Bonchev–Trinajstić information content (AvgIpc) is 2.86. The van der Waals surface area contributed by atoms with Gasteiger partial charge >= 0.3 is 0 Å². The molecule has 0 N–H and O–H groups in total. The van der Waals surface area contributed by atoms with Crippen LogP contribution in [0.4, 0.5) is 17.6 Å². The normalized spacial score (nSPS) is 34.4. The van der Waals surface area contributed by atoms with Crippen molar-refractivity contribution in [2.24, 2.45) is 11.8 Å². The Bertz CT molecular complexity index is 635. The minimum absolute atomic E-state index is 0.0707. The van der Waals surface area contributed by atoms with Crippen LogP contribution in [0, 0.1) is 23.5 Å². The van der Waals surface area contributed by atoms with Gasteiger partial charge in [0.25, 0.3) is 0 Å². The smallest absolute Gasteiger partial charge is 0.200 e. The third kappa shape index (κ3) is 3.59. The fraction of sp³-hybridized carbons (Fsp3) is 0.714. The highest BCUT2D eigenvalue weighted by Gasteiger charge is 2.52. The van der Waals surface area contributed by atoms with Crippen LogP contribution in [0.15, 0.2) is 12.1 Å². The molecule has 1 nitrogen and oxygen atoms in total. The number of benzene rings is 1. The van der Waals surface area contributed by atoms with E-state index in [2.05, 4.69) is 0 Å². The lowest BCUT2D eigenvalue weighted by atomic mass is 9.87. The Morgan fingerprint density at radius 2 is 1.88 bits per heavy atom. The number of ether oxygens (including phenoxy) is 1. The highest BCUT2D eigenvalue weighted by molar-refractivity contribution is 5.34. The molecule has 0 saturated heterocycles. The van der Waals surface area contributed by atoms with E-state index in [9.17, 15) is 13.2 Å². The van der Waals surface area contributed by atoms with Crippen molar-refractivity contribution in [3.05, 3.63) is 29.3 Å². The van der Waals surface area contributed by atoms with Crippen LogP contribution < -0.4 is 4.74 Å². The molecular weight excluding hydrogens is 344 g/mol. The molecule has 0 spiro atoms. The second kappa shape index (κ2) is 7.77. The highest BCUT2D eigenvalue weighted by atomic mass is 19.2. The molecule has 2 fully saturated rings. The quantitative estimate of drug-likeness (QED) is 0.536. The second-order valence-corrected chi connectivity index (χ2v) is 7.93. The summed E-state index contributed by atoms with van der Waals surface area (Å²) in [7, 11) is 0. The number of halogens is 4. The van der Waals surface area contributed by atoms with Gasteiger partial charge in [-0.05, 0) is 68.4 Å². The van der Waals surface area contributed by atoms with E-state index in [4.69, 9.17) is 4.74 Å². The number of rotatable bonds is 5. The molecule has 0 heterocycles. The largest absolute Gasteiger partial charge is 0.491 e. The number of hydrogen-bond acceptors (Lipinski definition) is 1. The summed E-state index contributed by atoms with van der Waals surface area (Å²) < 4.78 is 63.9. The van der Waals surface area contributed by atoms with Gasteiger partial charge < -0.3 is 4.74 Å². The standard InChI is InChI=1S/C21H28F4O/c1-3-5-13-6-7-15-10-14(11-21(15,25)12-17(13)22)16-8-9-18(26-4-2)20(24)19(16)23/h8-9,13-15,17H,3-7,10-12H2,1-2H3. The zero-order valence-corrected chi connectivity index (χ0v) is 15.5. The molecule has 2 aliphatic rings. The highest BCUT2D eigenvalue weighted by Crippen LogP contribution is 2.55. The van der Waals surface area contributed by atoms with Gasteiger partial charge in [-0.25, -0.2) is 13.2 Å². The van der Waals surface area contributed by atoms with Crippen molar-refractivity contribution in [1.29, 1.82) is 0 Å². The first kappa shape index (κ1) is 19.5. The summed E-state index contributed by atoms with van der Waals surface area (Å²) in [6.45, 7) is 3.95. The summed E-state index contributed by atoms with van der Waals surface area (Å²) in [4.78, 5) is 0. The minimum atomic E-state index is -1.62. The van der Waals surface area contributed by atoms with Gasteiger partial charge in [-0.2, -0.15) is 4.39 Å². The summed E-state index contributed by atoms with van der Waals surface area (Å²) in [6.07, 6.45) is 2.25. The topological polar surface area (TPSA) is 9.23 Å². The lowest BCUT2D eigenvalue weighted by molar-refractivity contribution is 0.0665. The van der Waals surface area contributed by atoms with Gasteiger partial charge in [-0.15, -0.1) is 0 Å². The van der Waals surface area contributed by atoms with E-state index in [1.54, 1.807) is 6.92 Å². The van der Waals surface area contributed by atoms with Gasteiger partial charge in [0.1, 0.15) is 11.8 Å². The number of hydrogen-bond donors (Lipinski definition) is 0. The van der Waals surface area contributed by atoms with E-state index in [1.165, 1.54) is 12.1 Å². The molecule has 0 aliphatic heterocycles. The maximum absolute atomic E-state index is 15.6. The molecule has 146 valence electrons. The monoisotopic (exact) mass is 372 g/mol. The summed E-state index contributed by atoms with van der Waals surface area (Å²) in [5, 5.41) is 0. The van der Waals surface area contributed by atoms with E-state index >= 15 is 4.39 Å². The molecule has 2 saturated carbocycles. The molecule has 2 aliphatic carbocycles. The molecule has 1 aromatic carbocycles. The van der Waals surface area contributed by atoms with Crippen LogP contribution in [0.5, 0.6) is 5.75 Å². The Morgan fingerprint density at radius 1 is 1.12 bits per heavy atom. The Morgan fingerprint density at radius 3 is 2.58 bits per heavy atom. The first-order valence-electron chi connectivity index (χ1n) is 9.83. The maximum Gasteiger partial charge on any atom is 0.200 e. The van der Waals surface area contributed by atoms with Crippen molar-refractivity contribution >= 4 is 0 Å². The van der Waals surface area contributed by atoms with E-state index < -0.39 is 29.4 Å². The number of alkyl halides is 2. The summed E-state index contributed by atoms with van der Waals surface area (Å²) >= 11 is 0. The summed E-state index contributed by atoms with van der Waals surface area (Å²) in [5.41, 5.74) is -1.43. The molecule has 1 aromatic rings. The molecule has 26 heavy (non-hydrogen) atoms. The SMILES string of the molecule is CCCC1CCC2CC(c3ccc(OCC)c(F)c3F)CC2(F)CC1F. The first-order valence-corrected chi connectivity index (χ1v) is 9.83. The van der Waals surface area contributed by atoms with E-state index in [0.717, 1.165) is 12.8 Å². The zero-order valence-electron chi connectivity index (χ0n) is 15.5. The maximum atomic E-state index is 15.6. The van der Waals surface area contributed by atoms with Crippen LogP contribution >= 0.6 is 0 Å². The van der Waals surface area contributed by atoms with Crippen molar-refractivity contribution in [2.45, 2.75) is 76.6 Å². The lowest BCUT2D eigenvalue weighted by Gasteiger charge is -2.26. The summed E-state index contributed by atoms with van der Waals surface area (Å²) in [6, 6.07) is 2.90. The van der Waals surface area contributed by atoms with Crippen molar-refractivity contribution in [1.82, 2.24) is 0 Å². The lowest BCUT2D eigenvalue weighted by Crippen LogP contribution is -2.30. The van der Waals surface area contributed by atoms with Crippen LogP contribution in [0.2, 0.25) is 0 Å². The predicted molar refractivity (Wildman–Crippen MR) is 94.0 cm³/mol. The molecule has 5 atom stereocenters. The Balaban J connectivity index is 1.79. The molecular formula is C21H28F4O. The molecule has 5 heteroatoms. The van der Waals surface area contributed by atoms with Gasteiger partial charge in [0.15, 0.2) is 11.6 Å². The van der Waals surface area contributed by atoms with Crippen molar-refractivity contribution in [3.8, 4) is 5.75 Å². The van der Waals surface area contributed by atoms with Gasteiger partial charge in [0.2, 0.25) is 5.82 Å². The van der Waals surface area contributed by atoms with Crippen LogP contribution in [0.25, 0.3) is 0 Å². The predicted octanol–water partition coefficient (Wildman–Crippen LogP) is 6.50. The van der Waals surface area contributed by atoms with E-state index in [0.29, 0.717) is 19.3 Å². The van der Waals surface area contributed by atoms with Gasteiger partial charge in [-0.1, -0.05) is 19.4 Å². The number of fused-ring (bicyclic) bond motifs is 1. The molecule has 0 amide bonds. The van der Waals surface area contributed by atoms with Crippen LogP contribution in [0.1, 0.15) is 70.3 Å². The van der Waals surface area contributed by atoms with Crippen LogP contribution in [0.3, 0.4) is 0 Å². The fourth-order valence-electron chi connectivity index (χ4n) is 4.99. The summed E-state index contributed by atoms with van der Waals surface area (Å²) in [5.74, 6) is -2.86. The van der Waals surface area contributed by atoms with Crippen molar-refractivity contribution < 1.29 is 22.3 Å². The second-order valence-electron chi connectivity index (χ2n) is 7.93. The van der Waals surface area contributed by atoms with Crippen molar-refractivity contribution in [3.63, 3.8) is 0 Å². The molecule has 3 rings (SSSR count). The van der Waals surface area contributed by atoms with Crippen LogP contribution in [-0.4, -0.2) is 18.4 Å². The fourth-order valence-corrected chi connectivity index (χ4v) is 4.99. The third-order valence-corrected chi connectivity index (χ3v) is 6.29. The van der Waals surface area contributed by atoms with Gasteiger partial charge in [0.05, 0.1) is 6.61 Å². The third-order valence-electron chi connectivity index (χ3n) is 6.29. The Hall–Kier alpha value is -1.26. The molecule has 0 aromatic heterocycles. The molecule has 5 unspecified atom stereocenters. The van der Waals surface area contributed by atoms with E-state index in [-0.39, 0.29) is 42.6 Å². The average molecular weight is 372 g/mol. The molecule has 0 bridgehead atoms. The Labute approximate surface area is 153 Å². The molecule has 0 radical (unpaired) electrons. The van der Waals surface area contributed by atoms with E-state index in [1.807, 2.05) is 6.92 Å². The van der Waals surface area contributed by atoms with Crippen molar-refractivity contribution in [2.75, 3.05) is 6.61 Å². The van der Waals surface area contributed by atoms with Gasteiger partial charge in [0, 0.05) is 6.42 Å². The first-order chi connectivity index (χ1) is 12.4. The Kier molecular flexibility index (Phi) is 5.83. The minimum Gasteiger partial charge on any atom is -0.491 e.